The van der Waals surface area contributed by atoms with Gasteiger partial charge >= 0.3 is 0 Å². The first-order valence-corrected chi connectivity index (χ1v) is 23.1. The molecule has 1 aromatic carbocycles. The molecule has 4 heterocycles. The van der Waals surface area contributed by atoms with Crippen LogP contribution in [0.2, 0.25) is 0 Å². The summed E-state index contributed by atoms with van der Waals surface area (Å²) in [4.78, 5) is 6.44. The number of benzene rings is 1. The molecule has 0 radical (unpaired) electrons. The zero-order chi connectivity index (χ0) is 33.5. The Labute approximate surface area is 307 Å². The Hall–Kier alpha value is -1.46. The van der Waals surface area contributed by atoms with Gasteiger partial charge in [0.2, 0.25) is 0 Å². The second-order valence-electron chi connectivity index (χ2n) is 15.0. The highest BCUT2D eigenvalue weighted by Gasteiger charge is 2.48. The monoisotopic (exact) mass is 714 g/mol. The lowest BCUT2D eigenvalue weighted by Gasteiger charge is -2.31. The van der Waals surface area contributed by atoms with E-state index in [0.717, 1.165) is 0 Å². The maximum absolute atomic E-state index is 2.72. The van der Waals surface area contributed by atoms with Crippen molar-refractivity contribution in [2.75, 3.05) is 0 Å². The van der Waals surface area contributed by atoms with Crippen molar-refractivity contribution >= 4 is 64.1 Å². The Bertz CT molecular complexity index is 1860. The number of unbranched alkanes of at least 4 members (excludes halogenated alkanes) is 10. The van der Waals surface area contributed by atoms with E-state index in [-0.39, 0.29) is 10.8 Å². The third kappa shape index (κ3) is 5.62. The molecule has 4 aromatic heterocycles. The summed E-state index contributed by atoms with van der Waals surface area (Å²) in [6, 6.07) is 10.7. The molecule has 0 saturated heterocycles. The molecule has 0 nitrogen and oxygen atoms in total. The highest BCUT2D eigenvalue weighted by atomic mass is 32.1. The maximum atomic E-state index is 2.72. The molecule has 0 saturated carbocycles. The van der Waals surface area contributed by atoms with Gasteiger partial charge in [-0.2, -0.15) is 0 Å². The molecule has 0 aliphatic heterocycles. The fourth-order valence-electron chi connectivity index (χ4n) is 9.50. The van der Waals surface area contributed by atoms with Crippen molar-refractivity contribution in [3.63, 3.8) is 0 Å². The Balaban J connectivity index is 1.24. The fourth-order valence-corrected chi connectivity index (χ4v) is 15.4. The predicted octanol–water partition coefficient (Wildman–Crippen LogP) is 16.2. The van der Waals surface area contributed by atoms with Crippen LogP contribution in [0.4, 0.5) is 0 Å². The second-order valence-corrected chi connectivity index (χ2v) is 19.3. The molecule has 4 heteroatoms. The summed E-state index contributed by atoms with van der Waals surface area (Å²) in [5.41, 5.74) is 10.0. The molecule has 0 bridgehead atoms. The lowest BCUT2D eigenvalue weighted by molar-refractivity contribution is 0.487. The Morgan fingerprint density at radius 3 is 1.58 bits per heavy atom. The molecule has 0 spiro atoms. The molecular weight excluding hydrogens is 657 g/mol. The first-order valence-electron chi connectivity index (χ1n) is 19.8. The van der Waals surface area contributed by atoms with E-state index in [1.54, 1.807) is 71.7 Å². The molecule has 7 rings (SSSR count). The molecule has 2 aliphatic rings. The van der Waals surface area contributed by atoms with E-state index in [2.05, 4.69) is 111 Å². The van der Waals surface area contributed by atoms with Gasteiger partial charge in [0.05, 0.1) is 14.1 Å². The molecule has 48 heavy (non-hydrogen) atoms. The zero-order valence-electron chi connectivity index (χ0n) is 30.7. The molecule has 2 aliphatic carbocycles. The van der Waals surface area contributed by atoms with Crippen LogP contribution in [0.15, 0.2) is 24.3 Å². The van der Waals surface area contributed by atoms with Crippen LogP contribution in [0, 0.1) is 0 Å². The number of hydrogen-bond donors (Lipinski definition) is 0. The maximum Gasteiger partial charge on any atom is 0.0639 e. The van der Waals surface area contributed by atoms with Crippen LogP contribution in [-0.2, 0) is 23.7 Å². The van der Waals surface area contributed by atoms with Crippen molar-refractivity contribution in [3.05, 3.63) is 56.3 Å². The standard InChI is InChI=1S/C44H58S4/c1-7-13-15-17-19-21-23-29-25-35-38(45-29)31-27-34-32(28-33(31)43(35,9-3)10-4)39-37(44(34,11-5)12-6)41-42(48-39)40-36(47-41)26-30(46-40)24-22-20-18-16-14-8-2/h25-28H,7-24H2,1-6H3. The smallest absolute Gasteiger partial charge is 0.0639 e. The van der Waals surface area contributed by atoms with Crippen LogP contribution in [0.5, 0.6) is 0 Å². The van der Waals surface area contributed by atoms with Gasteiger partial charge in [0, 0.05) is 35.0 Å². The van der Waals surface area contributed by atoms with Gasteiger partial charge in [-0.3, -0.25) is 0 Å². The van der Waals surface area contributed by atoms with E-state index in [9.17, 15) is 0 Å². The van der Waals surface area contributed by atoms with Crippen molar-refractivity contribution in [2.45, 2.75) is 168 Å². The zero-order valence-corrected chi connectivity index (χ0v) is 33.9. The van der Waals surface area contributed by atoms with Gasteiger partial charge < -0.3 is 0 Å². The van der Waals surface area contributed by atoms with Crippen LogP contribution in [0.25, 0.3) is 39.7 Å². The van der Waals surface area contributed by atoms with Gasteiger partial charge in [-0.05, 0) is 109 Å². The summed E-state index contributed by atoms with van der Waals surface area (Å²) in [6.45, 7) is 14.5. The Kier molecular flexibility index (Phi) is 10.7. The number of fused-ring (bicyclic) bond motifs is 10. The molecular formula is C44H58S4. The van der Waals surface area contributed by atoms with Crippen LogP contribution in [0.1, 0.15) is 176 Å². The molecule has 258 valence electrons. The summed E-state index contributed by atoms with van der Waals surface area (Å²) in [7, 11) is 0. The van der Waals surface area contributed by atoms with Crippen molar-refractivity contribution in [3.8, 4) is 20.9 Å². The minimum Gasteiger partial charge on any atom is -0.140 e. The average molecular weight is 715 g/mol. The highest BCUT2D eigenvalue weighted by molar-refractivity contribution is 7.39. The van der Waals surface area contributed by atoms with Gasteiger partial charge in [-0.1, -0.05) is 106 Å². The van der Waals surface area contributed by atoms with E-state index >= 15 is 0 Å². The van der Waals surface area contributed by atoms with Gasteiger partial charge in [0.25, 0.3) is 0 Å². The minimum absolute atomic E-state index is 0.120. The van der Waals surface area contributed by atoms with E-state index in [0.29, 0.717) is 0 Å². The summed E-state index contributed by atoms with van der Waals surface area (Å²) < 4.78 is 6.32. The van der Waals surface area contributed by atoms with Gasteiger partial charge in [0.1, 0.15) is 0 Å². The predicted molar refractivity (Wildman–Crippen MR) is 221 cm³/mol. The van der Waals surface area contributed by atoms with Crippen LogP contribution in [0.3, 0.4) is 0 Å². The summed E-state index contributed by atoms with van der Waals surface area (Å²) in [5, 5.41) is 0. The number of thiophene rings is 4. The SMILES string of the molecule is CCCCCCCCc1cc2c(s1)-c1cc3c(cc1C2(CC)CC)-c1sc2c(sc4cc(CCCCCCCC)sc42)c1C3(CC)CC. The normalized spacial score (nSPS) is 15.5. The average Bonchev–Trinajstić information content (AvgIpc) is 3.92. The van der Waals surface area contributed by atoms with Crippen LogP contribution < -0.4 is 0 Å². The largest absolute Gasteiger partial charge is 0.140 e. The second kappa shape index (κ2) is 14.6. The Morgan fingerprint density at radius 1 is 0.438 bits per heavy atom. The van der Waals surface area contributed by atoms with Crippen molar-refractivity contribution in [2.24, 2.45) is 0 Å². The van der Waals surface area contributed by atoms with E-state index in [1.807, 2.05) is 0 Å². The lowest BCUT2D eigenvalue weighted by atomic mass is 9.71. The van der Waals surface area contributed by atoms with Gasteiger partial charge in [-0.15, -0.1) is 45.3 Å². The summed E-state index contributed by atoms with van der Waals surface area (Å²) >= 11 is 8.50. The molecule has 0 fully saturated rings. The van der Waals surface area contributed by atoms with Crippen molar-refractivity contribution in [1.29, 1.82) is 0 Å². The highest BCUT2D eigenvalue weighted by Crippen LogP contribution is 2.65. The van der Waals surface area contributed by atoms with Crippen LogP contribution in [-0.4, -0.2) is 0 Å². The number of aryl methyl sites for hydroxylation is 2. The molecule has 0 amide bonds. The Morgan fingerprint density at radius 2 is 0.979 bits per heavy atom. The quantitative estimate of drug-likeness (QED) is 0.0793. The summed E-state index contributed by atoms with van der Waals surface area (Å²) in [5.74, 6) is 0. The van der Waals surface area contributed by atoms with Crippen molar-refractivity contribution < 1.29 is 0 Å². The van der Waals surface area contributed by atoms with E-state index in [4.69, 9.17) is 0 Å². The van der Waals surface area contributed by atoms with E-state index in [1.165, 1.54) is 116 Å². The minimum atomic E-state index is 0.120. The number of hydrogen-bond acceptors (Lipinski definition) is 4. The van der Waals surface area contributed by atoms with Crippen molar-refractivity contribution in [1.82, 2.24) is 0 Å². The molecule has 0 atom stereocenters. The molecule has 5 aromatic rings. The third-order valence-electron chi connectivity index (χ3n) is 12.5. The molecule has 0 unspecified atom stereocenters. The summed E-state index contributed by atoms with van der Waals surface area (Å²) in [6.07, 6.45) is 23.8. The lowest BCUT2D eigenvalue weighted by Crippen LogP contribution is -2.24. The van der Waals surface area contributed by atoms with E-state index < -0.39 is 0 Å². The first-order chi connectivity index (χ1) is 23.5. The fraction of sp³-hybridized carbons (Fsp3) is 0.591. The first kappa shape index (κ1) is 35.0. The van der Waals surface area contributed by atoms with Gasteiger partial charge in [0.15, 0.2) is 0 Å². The topological polar surface area (TPSA) is 0 Å². The third-order valence-corrected chi connectivity index (χ3v) is 17.7. The molecule has 0 N–H and O–H groups in total. The van der Waals surface area contributed by atoms with Crippen LogP contribution >= 0.6 is 45.3 Å². The van der Waals surface area contributed by atoms with Gasteiger partial charge in [-0.25, -0.2) is 0 Å². The number of rotatable bonds is 18.